The number of carboxylic acids is 1. The summed E-state index contributed by atoms with van der Waals surface area (Å²) in [7, 11) is 0. The molecule has 4 nitrogen and oxygen atoms in total. The number of benzene rings is 2. The maximum Gasteiger partial charge on any atom is 0.330 e. The minimum absolute atomic E-state index is 0.416. The molecule has 0 aliphatic heterocycles. The summed E-state index contributed by atoms with van der Waals surface area (Å²) in [5.74, 6) is -1.52. The first-order valence-corrected chi connectivity index (χ1v) is 6.49. The molecule has 0 bridgehead atoms. The molecule has 0 radical (unpaired) electrons. The Morgan fingerprint density at radius 2 is 1.52 bits per heavy atom. The third-order valence-electron chi connectivity index (χ3n) is 2.87. The predicted octanol–water partition coefficient (Wildman–Crippen LogP) is 2.58. The highest BCUT2D eigenvalue weighted by Gasteiger charge is 2.17. The first-order valence-electron chi connectivity index (χ1n) is 6.49. The maximum atomic E-state index is 12.0. The fourth-order valence-corrected chi connectivity index (χ4v) is 1.78. The lowest BCUT2D eigenvalue weighted by atomic mass is 10.1. The molecule has 2 aromatic carbocycles. The number of nitrogens with one attached hydrogen (secondary N) is 1. The molecule has 0 aliphatic carbocycles. The van der Waals surface area contributed by atoms with E-state index in [0.29, 0.717) is 5.56 Å². The maximum absolute atomic E-state index is 12.0. The molecular formula is C17H15NO3. The Morgan fingerprint density at radius 3 is 2.10 bits per heavy atom. The molecule has 0 heterocycles. The van der Waals surface area contributed by atoms with E-state index in [4.69, 9.17) is 0 Å². The van der Waals surface area contributed by atoms with Gasteiger partial charge >= 0.3 is 5.97 Å². The fourth-order valence-electron chi connectivity index (χ4n) is 1.78. The Labute approximate surface area is 122 Å². The van der Waals surface area contributed by atoms with Gasteiger partial charge in [-0.2, -0.15) is 0 Å². The summed E-state index contributed by atoms with van der Waals surface area (Å²) in [5, 5.41) is 11.7. The van der Waals surface area contributed by atoms with E-state index >= 15 is 0 Å². The number of hydrogen-bond donors (Lipinski definition) is 2. The zero-order chi connectivity index (χ0) is 15.1. The summed E-state index contributed by atoms with van der Waals surface area (Å²) in [6, 6.07) is 16.8. The van der Waals surface area contributed by atoms with Gasteiger partial charge in [-0.1, -0.05) is 60.7 Å². The fraction of sp³-hybridized carbons (Fsp3) is 0.0588. The summed E-state index contributed by atoms with van der Waals surface area (Å²) in [5.41, 5.74) is 1.30. The van der Waals surface area contributed by atoms with Gasteiger partial charge in [-0.3, -0.25) is 4.79 Å². The Kier molecular flexibility index (Phi) is 4.88. The molecule has 0 saturated heterocycles. The van der Waals surface area contributed by atoms with Crippen molar-refractivity contribution in [3.8, 4) is 0 Å². The predicted molar refractivity (Wildman–Crippen MR) is 80.8 cm³/mol. The lowest BCUT2D eigenvalue weighted by Gasteiger charge is -2.10. The van der Waals surface area contributed by atoms with E-state index in [-0.39, 0.29) is 0 Å². The van der Waals surface area contributed by atoms with Crippen LogP contribution in [0.3, 0.4) is 0 Å². The van der Waals surface area contributed by atoms with Gasteiger partial charge in [0, 0.05) is 5.56 Å². The molecule has 0 spiro atoms. The van der Waals surface area contributed by atoms with E-state index in [0.717, 1.165) is 5.56 Å². The summed E-state index contributed by atoms with van der Waals surface area (Å²) in [6.07, 6.45) is 3.13. The lowest BCUT2D eigenvalue weighted by molar-refractivity contribution is -0.137. The van der Waals surface area contributed by atoms with Crippen molar-refractivity contribution in [2.24, 2.45) is 0 Å². The van der Waals surface area contributed by atoms with Crippen LogP contribution in [0, 0.1) is 0 Å². The van der Waals surface area contributed by atoms with E-state index in [1.165, 1.54) is 6.08 Å². The number of rotatable bonds is 5. The minimum Gasteiger partial charge on any atom is -0.479 e. The molecule has 0 saturated carbocycles. The van der Waals surface area contributed by atoms with Crippen molar-refractivity contribution < 1.29 is 14.7 Å². The Hall–Kier alpha value is -2.88. The Balaban J connectivity index is 2.08. The monoisotopic (exact) mass is 281 g/mol. The molecule has 2 N–H and O–H groups in total. The van der Waals surface area contributed by atoms with Gasteiger partial charge in [0.15, 0.2) is 0 Å². The van der Waals surface area contributed by atoms with Crippen LogP contribution < -0.4 is 5.32 Å². The molecule has 0 fully saturated rings. The van der Waals surface area contributed by atoms with E-state index < -0.39 is 17.9 Å². The summed E-state index contributed by atoms with van der Waals surface area (Å²) in [6.45, 7) is 0. The molecule has 2 aromatic rings. The second-order valence-corrected chi connectivity index (χ2v) is 4.43. The van der Waals surface area contributed by atoms with Crippen LogP contribution in [-0.2, 0) is 4.79 Å². The molecule has 106 valence electrons. The van der Waals surface area contributed by atoms with Gasteiger partial charge in [-0.05, 0) is 17.7 Å². The van der Waals surface area contributed by atoms with E-state index in [1.807, 2.05) is 30.3 Å². The second kappa shape index (κ2) is 7.05. The number of aliphatic carboxylic acids is 1. The number of carbonyl (C=O) groups is 2. The molecule has 1 amide bonds. The van der Waals surface area contributed by atoms with Crippen LogP contribution in [0.1, 0.15) is 15.9 Å². The highest BCUT2D eigenvalue weighted by atomic mass is 16.4. The van der Waals surface area contributed by atoms with Crippen molar-refractivity contribution in [3.63, 3.8) is 0 Å². The summed E-state index contributed by atoms with van der Waals surface area (Å²) < 4.78 is 0. The zero-order valence-electron chi connectivity index (χ0n) is 11.3. The van der Waals surface area contributed by atoms with Gasteiger partial charge < -0.3 is 10.4 Å². The third kappa shape index (κ3) is 4.31. The van der Waals surface area contributed by atoms with Gasteiger partial charge in [0.2, 0.25) is 0 Å². The molecule has 4 heteroatoms. The Bertz CT molecular complexity index is 636. The van der Waals surface area contributed by atoms with Gasteiger partial charge in [-0.25, -0.2) is 4.79 Å². The summed E-state index contributed by atoms with van der Waals surface area (Å²) in [4.78, 5) is 23.2. The molecule has 1 atom stereocenters. The van der Waals surface area contributed by atoms with E-state index in [9.17, 15) is 14.7 Å². The lowest BCUT2D eigenvalue weighted by Crippen LogP contribution is -2.39. The molecule has 21 heavy (non-hydrogen) atoms. The van der Waals surface area contributed by atoms with Gasteiger partial charge in [-0.15, -0.1) is 0 Å². The van der Waals surface area contributed by atoms with Crippen LogP contribution in [-0.4, -0.2) is 23.0 Å². The number of carbonyl (C=O) groups excluding carboxylic acids is 1. The molecule has 0 aliphatic rings. The van der Waals surface area contributed by atoms with Crippen LogP contribution in [0.4, 0.5) is 0 Å². The van der Waals surface area contributed by atoms with Crippen LogP contribution >= 0.6 is 0 Å². The smallest absolute Gasteiger partial charge is 0.330 e. The number of carboxylic acid groups (broad SMARTS) is 1. The van der Waals surface area contributed by atoms with Gasteiger partial charge in [0.1, 0.15) is 6.04 Å². The normalized spacial score (nSPS) is 12.0. The van der Waals surface area contributed by atoms with Gasteiger partial charge in [0.05, 0.1) is 0 Å². The van der Waals surface area contributed by atoms with Crippen molar-refractivity contribution in [1.82, 2.24) is 5.32 Å². The van der Waals surface area contributed by atoms with Crippen LogP contribution in [0.15, 0.2) is 66.7 Å². The molecule has 2 rings (SSSR count). The topological polar surface area (TPSA) is 66.4 Å². The second-order valence-electron chi connectivity index (χ2n) is 4.43. The van der Waals surface area contributed by atoms with Crippen molar-refractivity contribution >= 4 is 18.0 Å². The SMILES string of the molecule is O=C(NC(C=Cc1ccccc1)C(=O)O)c1ccccc1. The zero-order valence-corrected chi connectivity index (χ0v) is 11.3. The summed E-state index contributed by atoms with van der Waals surface area (Å²) >= 11 is 0. The Morgan fingerprint density at radius 1 is 0.952 bits per heavy atom. The highest BCUT2D eigenvalue weighted by molar-refractivity contribution is 5.97. The molecular weight excluding hydrogens is 266 g/mol. The highest BCUT2D eigenvalue weighted by Crippen LogP contribution is 2.04. The average Bonchev–Trinajstić information content (AvgIpc) is 2.52. The minimum atomic E-state index is -1.11. The van der Waals surface area contributed by atoms with Crippen LogP contribution in [0.25, 0.3) is 6.08 Å². The van der Waals surface area contributed by atoms with Gasteiger partial charge in [0.25, 0.3) is 5.91 Å². The van der Waals surface area contributed by atoms with Crippen molar-refractivity contribution in [1.29, 1.82) is 0 Å². The molecule has 0 aromatic heterocycles. The first kappa shape index (κ1) is 14.5. The van der Waals surface area contributed by atoms with E-state index in [1.54, 1.807) is 36.4 Å². The van der Waals surface area contributed by atoms with Crippen molar-refractivity contribution in [2.75, 3.05) is 0 Å². The van der Waals surface area contributed by atoms with E-state index in [2.05, 4.69) is 5.32 Å². The van der Waals surface area contributed by atoms with Crippen LogP contribution in [0.2, 0.25) is 0 Å². The standard InChI is InChI=1S/C17H15NO3/c19-16(14-9-5-2-6-10-14)18-15(17(20)21)12-11-13-7-3-1-4-8-13/h1-12,15H,(H,18,19)(H,20,21). The third-order valence-corrected chi connectivity index (χ3v) is 2.87. The number of hydrogen-bond acceptors (Lipinski definition) is 2. The first-order chi connectivity index (χ1) is 10.2. The van der Waals surface area contributed by atoms with Crippen molar-refractivity contribution in [3.05, 3.63) is 77.9 Å². The largest absolute Gasteiger partial charge is 0.479 e. The average molecular weight is 281 g/mol. The van der Waals surface area contributed by atoms with Crippen LogP contribution in [0.5, 0.6) is 0 Å². The van der Waals surface area contributed by atoms with Crippen molar-refractivity contribution in [2.45, 2.75) is 6.04 Å². The number of amides is 1. The molecule has 1 unspecified atom stereocenters. The quantitative estimate of drug-likeness (QED) is 0.885.